The van der Waals surface area contributed by atoms with E-state index in [-0.39, 0.29) is 10.8 Å². The third-order valence-corrected chi connectivity index (χ3v) is 7.63. The van der Waals surface area contributed by atoms with Crippen molar-refractivity contribution in [2.24, 2.45) is 0 Å². The predicted molar refractivity (Wildman–Crippen MR) is 142 cm³/mol. The third-order valence-electron chi connectivity index (χ3n) is 6.21. The van der Waals surface area contributed by atoms with Crippen LogP contribution in [0.2, 0.25) is 0 Å². The van der Waals surface area contributed by atoms with Gasteiger partial charge in [-0.2, -0.15) is 0 Å². The van der Waals surface area contributed by atoms with Crippen molar-refractivity contribution in [1.29, 1.82) is 0 Å². The molecule has 0 aromatic heterocycles. The summed E-state index contributed by atoms with van der Waals surface area (Å²) in [5.74, 6) is 1.98. The molecule has 1 aliphatic heterocycles. The van der Waals surface area contributed by atoms with Gasteiger partial charge in [0.2, 0.25) is 0 Å². The van der Waals surface area contributed by atoms with Gasteiger partial charge in [0.1, 0.15) is 11.5 Å². The Hall–Kier alpha value is -2.31. The Morgan fingerprint density at radius 3 is 1.42 bits per heavy atom. The molecule has 0 saturated carbocycles. The SMILES string of the molecule is Cc1ccc(P2Oc3c(cc(C)cc3C(C)(C)C)Cc3cc(C)cc(C(C)(C)C)c3O2)cc1. The molecule has 0 radical (unpaired) electrons. The molecule has 0 bridgehead atoms. The van der Waals surface area contributed by atoms with Gasteiger partial charge >= 0.3 is 8.38 Å². The molecule has 0 spiro atoms. The second kappa shape index (κ2) is 8.48. The summed E-state index contributed by atoms with van der Waals surface area (Å²) in [6, 6.07) is 17.7. The zero-order chi connectivity index (χ0) is 24.1. The highest BCUT2D eigenvalue weighted by molar-refractivity contribution is 7.56. The van der Waals surface area contributed by atoms with Crippen molar-refractivity contribution in [2.75, 3.05) is 0 Å². The van der Waals surface area contributed by atoms with Crippen LogP contribution in [0.3, 0.4) is 0 Å². The Labute approximate surface area is 201 Å². The average Bonchev–Trinajstić information content (AvgIpc) is 2.68. The van der Waals surface area contributed by atoms with E-state index in [1.165, 1.54) is 38.9 Å². The molecule has 3 aromatic carbocycles. The largest absolute Gasteiger partial charge is 0.435 e. The van der Waals surface area contributed by atoms with E-state index in [4.69, 9.17) is 9.05 Å². The standard InChI is InChI=1S/C30H37O2P/c1-19-10-12-24(13-11-19)33-31-27-22(14-20(2)16-25(27)29(4,5)6)18-23-15-21(3)17-26(28(23)32-33)30(7,8)9/h10-17H,18H2,1-9H3. The van der Waals surface area contributed by atoms with Gasteiger partial charge in [-0.15, -0.1) is 0 Å². The van der Waals surface area contributed by atoms with E-state index < -0.39 is 8.38 Å². The highest BCUT2D eigenvalue weighted by Crippen LogP contribution is 2.51. The lowest BCUT2D eigenvalue weighted by Gasteiger charge is -2.33. The van der Waals surface area contributed by atoms with E-state index in [9.17, 15) is 0 Å². The molecule has 33 heavy (non-hydrogen) atoms. The maximum absolute atomic E-state index is 6.87. The van der Waals surface area contributed by atoms with Crippen LogP contribution in [0.25, 0.3) is 0 Å². The van der Waals surface area contributed by atoms with Gasteiger partial charge in [-0.05, 0) is 54.9 Å². The smallest absolute Gasteiger partial charge is 0.326 e. The molecule has 174 valence electrons. The van der Waals surface area contributed by atoms with Crippen molar-refractivity contribution in [3.63, 3.8) is 0 Å². The van der Waals surface area contributed by atoms with Crippen molar-refractivity contribution in [3.8, 4) is 11.5 Å². The van der Waals surface area contributed by atoms with Gasteiger partial charge in [-0.1, -0.05) is 94.6 Å². The van der Waals surface area contributed by atoms with E-state index in [0.717, 1.165) is 23.2 Å². The van der Waals surface area contributed by atoms with Gasteiger partial charge in [0.05, 0.1) is 5.30 Å². The molecule has 1 heterocycles. The first-order valence-corrected chi connectivity index (χ1v) is 13.0. The summed E-state index contributed by atoms with van der Waals surface area (Å²) in [4.78, 5) is 0. The first kappa shape index (κ1) is 23.8. The summed E-state index contributed by atoms with van der Waals surface area (Å²) >= 11 is 0. The maximum atomic E-state index is 6.87. The molecule has 3 heteroatoms. The fourth-order valence-corrected chi connectivity index (χ4v) is 5.85. The lowest BCUT2D eigenvalue weighted by Crippen LogP contribution is -2.21. The Balaban J connectivity index is 2.00. The molecular formula is C30H37O2P. The summed E-state index contributed by atoms with van der Waals surface area (Å²) < 4.78 is 13.7. The van der Waals surface area contributed by atoms with Gasteiger partial charge in [0, 0.05) is 17.5 Å². The van der Waals surface area contributed by atoms with Crippen LogP contribution >= 0.6 is 8.38 Å². The lowest BCUT2D eigenvalue weighted by atomic mass is 9.81. The zero-order valence-corrected chi connectivity index (χ0v) is 22.5. The highest BCUT2D eigenvalue weighted by Gasteiger charge is 2.32. The van der Waals surface area contributed by atoms with Crippen molar-refractivity contribution in [1.82, 2.24) is 0 Å². The second-order valence-corrected chi connectivity index (χ2v) is 12.9. The van der Waals surface area contributed by atoms with E-state index in [1.54, 1.807) is 0 Å². The Morgan fingerprint density at radius 1 is 0.606 bits per heavy atom. The van der Waals surface area contributed by atoms with Gasteiger partial charge < -0.3 is 9.05 Å². The fraction of sp³-hybridized carbons (Fsp3) is 0.400. The van der Waals surface area contributed by atoms with E-state index in [1.807, 2.05) is 0 Å². The quantitative estimate of drug-likeness (QED) is 0.341. The van der Waals surface area contributed by atoms with Crippen LogP contribution in [0, 0.1) is 20.8 Å². The van der Waals surface area contributed by atoms with Crippen molar-refractivity contribution >= 4 is 13.7 Å². The Bertz CT molecular complexity index is 1110. The number of hydrogen-bond acceptors (Lipinski definition) is 2. The van der Waals surface area contributed by atoms with Crippen molar-refractivity contribution in [3.05, 3.63) is 87.5 Å². The first-order valence-electron chi connectivity index (χ1n) is 11.8. The molecule has 0 amide bonds. The van der Waals surface area contributed by atoms with Crippen LogP contribution < -0.4 is 14.4 Å². The predicted octanol–water partition coefficient (Wildman–Crippen LogP) is 8.21. The summed E-state index contributed by atoms with van der Waals surface area (Å²) in [5, 5.41) is 1.09. The number of benzene rings is 3. The van der Waals surface area contributed by atoms with Crippen LogP contribution in [-0.2, 0) is 17.3 Å². The van der Waals surface area contributed by atoms with Crippen LogP contribution in [0.1, 0.15) is 80.5 Å². The topological polar surface area (TPSA) is 18.5 Å². The molecule has 0 fully saturated rings. The molecule has 0 atom stereocenters. The molecule has 1 aliphatic rings. The monoisotopic (exact) mass is 460 g/mol. The van der Waals surface area contributed by atoms with Gasteiger partial charge in [0.25, 0.3) is 0 Å². The van der Waals surface area contributed by atoms with E-state index in [0.29, 0.717) is 0 Å². The average molecular weight is 461 g/mol. The first-order chi connectivity index (χ1) is 15.3. The van der Waals surface area contributed by atoms with Crippen LogP contribution in [0.4, 0.5) is 0 Å². The summed E-state index contributed by atoms with van der Waals surface area (Å²) in [6.07, 6.45) is 0.803. The van der Waals surface area contributed by atoms with Crippen LogP contribution in [0.5, 0.6) is 11.5 Å². The number of fused-ring (bicyclic) bond motifs is 2. The molecule has 0 N–H and O–H groups in total. The summed E-state index contributed by atoms with van der Waals surface area (Å²) in [7, 11) is -1.34. The fourth-order valence-electron chi connectivity index (χ4n) is 4.45. The number of aryl methyl sites for hydroxylation is 3. The minimum absolute atomic E-state index is 0.0322. The van der Waals surface area contributed by atoms with Gasteiger partial charge in [0.15, 0.2) is 0 Å². The molecule has 0 saturated heterocycles. The van der Waals surface area contributed by atoms with E-state index in [2.05, 4.69) is 111 Å². The minimum Gasteiger partial charge on any atom is -0.435 e. The minimum atomic E-state index is -1.34. The molecule has 4 rings (SSSR count). The van der Waals surface area contributed by atoms with Crippen LogP contribution in [0.15, 0.2) is 48.5 Å². The normalized spacial score (nSPS) is 14.5. The molecule has 0 aliphatic carbocycles. The second-order valence-electron chi connectivity index (χ2n) is 11.6. The third kappa shape index (κ3) is 4.97. The lowest BCUT2D eigenvalue weighted by molar-refractivity contribution is 0.457. The van der Waals surface area contributed by atoms with Crippen LogP contribution in [-0.4, -0.2) is 0 Å². The van der Waals surface area contributed by atoms with Crippen molar-refractivity contribution in [2.45, 2.75) is 79.6 Å². The molecular weight excluding hydrogens is 423 g/mol. The van der Waals surface area contributed by atoms with Gasteiger partial charge in [-0.25, -0.2) is 0 Å². The highest BCUT2D eigenvalue weighted by atomic mass is 31.2. The molecule has 3 aromatic rings. The molecule has 0 unspecified atom stereocenters. The summed E-state index contributed by atoms with van der Waals surface area (Å²) in [6.45, 7) is 20.0. The van der Waals surface area contributed by atoms with E-state index >= 15 is 0 Å². The zero-order valence-electron chi connectivity index (χ0n) is 21.6. The Morgan fingerprint density at radius 2 is 1.03 bits per heavy atom. The maximum Gasteiger partial charge on any atom is 0.326 e. The number of rotatable bonds is 1. The van der Waals surface area contributed by atoms with Crippen molar-refractivity contribution < 1.29 is 9.05 Å². The number of hydrogen-bond donors (Lipinski definition) is 0. The Kier molecular flexibility index (Phi) is 6.12. The molecule has 2 nitrogen and oxygen atoms in total. The summed E-state index contributed by atoms with van der Waals surface area (Å²) in [5.41, 5.74) is 8.69. The van der Waals surface area contributed by atoms with Gasteiger partial charge in [-0.3, -0.25) is 0 Å².